The third-order valence-corrected chi connectivity index (χ3v) is 4.84. The van der Waals surface area contributed by atoms with Gasteiger partial charge in [0.25, 0.3) is 0 Å². The summed E-state index contributed by atoms with van der Waals surface area (Å²) in [6.07, 6.45) is 3.71. The first kappa shape index (κ1) is 16.7. The van der Waals surface area contributed by atoms with E-state index in [1.165, 1.54) is 22.3 Å². The standard InChI is InChI=1S/C20H25N3O/c1-15-5-4-6-18(11-15)13-23-10-9-22(17(3)20(23)24)14-19-7-8-21-12-16(19)2/h4-8,11-12,17H,9-10,13-14H2,1-3H3/t17-/m0/s1. The second-order valence-electron chi connectivity index (χ2n) is 6.70. The molecule has 1 amide bonds. The van der Waals surface area contributed by atoms with Gasteiger partial charge in [0.05, 0.1) is 6.04 Å². The summed E-state index contributed by atoms with van der Waals surface area (Å²) in [6.45, 7) is 9.36. The van der Waals surface area contributed by atoms with Crippen molar-refractivity contribution in [3.8, 4) is 0 Å². The van der Waals surface area contributed by atoms with Crippen molar-refractivity contribution in [3.63, 3.8) is 0 Å². The Morgan fingerprint density at radius 2 is 2.00 bits per heavy atom. The van der Waals surface area contributed by atoms with E-state index in [9.17, 15) is 4.79 Å². The normalized spacial score (nSPS) is 18.9. The Morgan fingerprint density at radius 3 is 2.75 bits per heavy atom. The summed E-state index contributed by atoms with van der Waals surface area (Å²) in [5, 5.41) is 0. The molecule has 0 saturated carbocycles. The Labute approximate surface area is 144 Å². The zero-order valence-corrected chi connectivity index (χ0v) is 14.7. The first-order chi connectivity index (χ1) is 11.5. The lowest BCUT2D eigenvalue weighted by Gasteiger charge is -2.39. The van der Waals surface area contributed by atoms with E-state index in [-0.39, 0.29) is 11.9 Å². The molecule has 1 fully saturated rings. The van der Waals surface area contributed by atoms with Crippen LogP contribution in [0.4, 0.5) is 0 Å². The van der Waals surface area contributed by atoms with Crippen LogP contribution in [-0.4, -0.2) is 39.8 Å². The molecule has 1 saturated heterocycles. The number of carbonyl (C=O) groups is 1. The number of amides is 1. The van der Waals surface area contributed by atoms with Gasteiger partial charge in [0.15, 0.2) is 0 Å². The van der Waals surface area contributed by atoms with Gasteiger partial charge in [0.2, 0.25) is 5.91 Å². The highest BCUT2D eigenvalue weighted by molar-refractivity contribution is 5.82. The van der Waals surface area contributed by atoms with Gasteiger partial charge in [-0.2, -0.15) is 0 Å². The molecule has 126 valence electrons. The number of hydrogen-bond acceptors (Lipinski definition) is 3. The molecule has 1 aromatic carbocycles. The van der Waals surface area contributed by atoms with E-state index in [4.69, 9.17) is 0 Å². The molecule has 1 aliphatic heterocycles. The molecule has 0 spiro atoms. The first-order valence-electron chi connectivity index (χ1n) is 8.52. The Morgan fingerprint density at radius 1 is 1.17 bits per heavy atom. The second-order valence-corrected chi connectivity index (χ2v) is 6.70. The van der Waals surface area contributed by atoms with E-state index in [1.807, 2.05) is 30.3 Å². The summed E-state index contributed by atoms with van der Waals surface area (Å²) in [7, 11) is 0. The quantitative estimate of drug-likeness (QED) is 0.868. The third kappa shape index (κ3) is 3.65. The molecule has 0 N–H and O–H groups in total. The molecule has 0 radical (unpaired) electrons. The highest BCUT2D eigenvalue weighted by Crippen LogP contribution is 2.18. The van der Waals surface area contributed by atoms with Crippen LogP contribution in [0.2, 0.25) is 0 Å². The van der Waals surface area contributed by atoms with Gasteiger partial charge in [-0.1, -0.05) is 29.8 Å². The van der Waals surface area contributed by atoms with Crippen LogP contribution in [0.5, 0.6) is 0 Å². The highest BCUT2D eigenvalue weighted by Gasteiger charge is 2.31. The van der Waals surface area contributed by atoms with Crippen molar-refractivity contribution in [2.24, 2.45) is 0 Å². The first-order valence-corrected chi connectivity index (χ1v) is 8.52. The predicted octanol–water partition coefficient (Wildman–Crippen LogP) is 2.93. The van der Waals surface area contributed by atoms with Gasteiger partial charge < -0.3 is 4.90 Å². The van der Waals surface area contributed by atoms with Crippen LogP contribution >= 0.6 is 0 Å². The largest absolute Gasteiger partial charge is 0.336 e. The van der Waals surface area contributed by atoms with Crippen LogP contribution in [0.1, 0.15) is 29.2 Å². The molecule has 24 heavy (non-hydrogen) atoms. The average Bonchev–Trinajstić information content (AvgIpc) is 2.56. The van der Waals surface area contributed by atoms with Gasteiger partial charge in [-0.05, 0) is 43.5 Å². The van der Waals surface area contributed by atoms with E-state index in [1.54, 1.807) is 0 Å². The maximum atomic E-state index is 12.8. The van der Waals surface area contributed by atoms with Crippen molar-refractivity contribution in [2.75, 3.05) is 13.1 Å². The van der Waals surface area contributed by atoms with Crippen LogP contribution in [0.25, 0.3) is 0 Å². The van der Waals surface area contributed by atoms with Crippen molar-refractivity contribution in [3.05, 3.63) is 65.0 Å². The van der Waals surface area contributed by atoms with Gasteiger partial charge in [0.1, 0.15) is 0 Å². The molecular formula is C20H25N3O. The summed E-state index contributed by atoms with van der Waals surface area (Å²) in [5.41, 5.74) is 4.87. The van der Waals surface area contributed by atoms with E-state index >= 15 is 0 Å². The third-order valence-electron chi connectivity index (χ3n) is 4.84. The van der Waals surface area contributed by atoms with E-state index in [0.29, 0.717) is 6.54 Å². The van der Waals surface area contributed by atoms with Crippen molar-refractivity contribution >= 4 is 5.91 Å². The van der Waals surface area contributed by atoms with Gasteiger partial charge in [-0.15, -0.1) is 0 Å². The van der Waals surface area contributed by atoms with Crippen LogP contribution in [0.3, 0.4) is 0 Å². The average molecular weight is 323 g/mol. The zero-order chi connectivity index (χ0) is 17.1. The number of piperazine rings is 1. The van der Waals surface area contributed by atoms with Gasteiger partial charge in [0, 0.05) is 38.6 Å². The molecular weight excluding hydrogens is 298 g/mol. The van der Waals surface area contributed by atoms with E-state index in [2.05, 4.69) is 48.0 Å². The molecule has 2 heterocycles. The smallest absolute Gasteiger partial charge is 0.239 e. The topological polar surface area (TPSA) is 36.4 Å². The molecule has 4 heteroatoms. The Hall–Kier alpha value is -2.20. The fourth-order valence-corrected chi connectivity index (χ4v) is 3.28. The summed E-state index contributed by atoms with van der Waals surface area (Å²) < 4.78 is 0. The summed E-state index contributed by atoms with van der Waals surface area (Å²) in [5.74, 6) is 0.217. The second kappa shape index (κ2) is 7.14. The molecule has 1 aromatic heterocycles. The van der Waals surface area contributed by atoms with Crippen molar-refractivity contribution in [1.29, 1.82) is 0 Å². The fraction of sp³-hybridized carbons (Fsp3) is 0.400. The summed E-state index contributed by atoms with van der Waals surface area (Å²) >= 11 is 0. The van der Waals surface area contributed by atoms with Crippen LogP contribution in [0, 0.1) is 13.8 Å². The minimum atomic E-state index is -0.0869. The van der Waals surface area contributed by atoms with E-state index < -0.39 is 0 Å². The number of aryl methyl sites for hydroxylation is 2. The number of pyridine rings is 1. The van der Waals surface area contributed by atoms with Crippen molar-refractivity contribution < 1.29 is 4.79 Å². The molecule has 4 nitrogen and oxygen atoms in total. The number of hydrogen-bond donors (Lipinski definition) is 0. The van der Waals surface area contributed by atoms with E-state index in [0.717, 1.165) is 19.6 Å². The Balaban J connectivity index is 1.66. The maximum absolute atomic E-state index is 12.8. The van der Waals surface area contributed by atoms with Crippen LogP contribution in [0.15, 0.2) is 42.7 Å². The molecule has 1 aliphatic rings. The molecule has 1 atom stereocenters. The molecule has 2 aromatic rings. The lowest BCUT2D eigenvalue weighted by atomic mass is 10.1. The lowest BCUT2D eigenvalue weighted by Crippen LogP contribution is -2.54. The van der Waals surface area contributed by atoms with Gasteiger partial charge in [-0.25, -0.2) is 0 Å². The Bertz CT molecular complexity index is 728. The number of rotatable bonds is 4. The maximum Gasteiger partial charge on any atom is 0.239 e. The molecule has 0 bridgehead atoms. The van der Waals surface area contributed by atoms with Gasteiger partial charge in [-0.3, -0.25) is 14.7 Å². The number of carbonyl (C=O) groups excluding carboxylic acids is 1. The fourth-order valence-electron chi connectivity index (χ4n) is 3.28. The highest BCUT2D eigenvalue weighted by atomic mass is 16.2. The minimum absolute atomic E-state index is 0.0869. The van der Waals surface area contributed by atoms with Crippen LogP contribution in [-0.2, 0) is 17.9 Å². The number of nitrogens with zero attached hydrogens (tertiary/aromatic N) is 3. The zero-order valence-electron chi connectivity index (χ0n) is 14.7. The minimum Gasteiger partial charge on any atom is -0.336 e. The predicted molar refractivity (Wildman–Crippen MR) is 95.4 cm³/mol. The van der Waals surface area contributed by atoms with Crippen molar-refractivity contribution in [1.82, 2.24) is 14.8 Å². The van der Waals surface area contributed by atoms with Crippen molar-refractivity contribution in [2.45, 2.75) is 39.9 Å². The molecule has 0 aliphatic carbocycles. The van der Waals surface area contributed by atoms with Crippen LogP contribution < -0.4 is 0 Å². The number of aromatic nitrogens is 1. The summed E-state index contributed by atoms with van der Waals surface area (Å²) in [4.78, 5) is 21.2. The van der Waals surface area contributed by atoms with Gasteiger partial charge >= 0.3 is 0 Å². The molecule has 3 rings (SSSR count). The number of benzene rings is 1. The Kier molecular flexibility index (Phi) is 4.95. The SMILES string of the molecule is Cc1cccc(CN2CCN(Cc3ccncc3C)[C@@H](C)C2=O)c1. The summed E-state index contributed by atoms with van der Waals surface area (Å²) in [6, 6.07) is 10.4. The monoisotopic (exact) mass is 323 g/mol. The molecule has 0 unspecified atom stereocenters. The lowest BCUT2D eigenvalue weighted by molar-refractivity contribution is -0.142.